The molecule has 208 valence electrons. The molecule has 0 N–H and O–H groups in total. The van der Waals surface area contributed by atoms with Crippen LogP contribution in [-0.2, 0) is 0 Å². The fourth-order valence-corrected chi connectivity index (χ4v) is 7.38. The van der Waals surface area contributed by atoms with Gasteiger partial charge in [0.1, 0.15) is 0 Å². The second-order valence-electron chi connectivity index (χ2n) is 10.9. The molecule has 0 spiro atoms. The molecular weight excluding hydrogens is 551 g/mol. The first kappa shape index (κ1) is 26.2. The Kier molecular flexibility index (Phi) is 6.75. The Hall–Kier alpha value is -5.44. The van der Waals surface area contributed by atoms with Crippen LogP contribution in [0.4, 0.5) is 17.1 Å². The van der Waals surface area contributed by atoms with Gasteiger partial charge in [-0.05, 0) is 70.3 Å². The number of fused-ring (bicyclic) bond motifs is 3. The standard InChI is InChI=1S/C42H29NS/c1-3-15-30(16-4-1)33-19-7-8-20-34(33)35-21-9-10-22-36(35)37-23-11-13-25-40(37)43(31-17-5-2-6-18-31)32-27-28-42-39(29-32)38-24-12-14-26-41(38)44-42/h1-29H. The van der Waals surface area contributed by atoms with Gasteiger partial charge in [0.15, 0.2) is 0 Å². The second-order valence-corrected chi connectivity index (χ2v) is 12.0. The lowest BCUT2D eigenvalue weighted by Crippen LogP contribution is -2.11. The fourth-order valence-electron chi connectivity index (χ4n) is 6.29. The molecule has 0 atom stereocenters. The van der Waals surface area contributed by atoms with Gasteiger partial charge in [-0.3, -0.25) is 0 Å². The summed E-state index contributed by atoms with van der Waals surface area (Å²) in [5.41, 5.74) is 10.7. The first-order valence-electron chi connectivity index (χ1n) is 14.9. The van der Waals surface area contributed by atoms with Crippen LogP contribution in [0.1, 0.15) is 0 Å². The van der Waals surface area contributed by atoms with Gasteiger partial charge in [-0.1, -0.05) is 133 Å². The minimum atomic E-state index is 1.13. The predicted octanol–water partition coefficient (Wildman–Crippen LogP) is 12.5. The highest BCUT2D eigenvalue weighted by atomic mass is 32.1. The number of hydrogen-bond donors (Lipinski definition) is 0. The van der Waals surface area contributed by atoms with E-state index < -0.39 is 0 Å². The quantitative estimate of drug-likeness (QED) is 0.189. The van der Waals surface area contributed by atoms with Crippen LogP contribution in [0.3, 0.4) is 0 Å². The van der Waals surface area contributed by atoms with Crippen LogP contribution >= 0.6 is 11.3 Å². The van der Waals surface area contributed by atoms with E-state index in [4.69, 9.17) is 0 Å². The third-order valence-corrected chi connectivity index (χ3v) is 9.45. The van der Waals surface area contributed by atoms with E-state index in [2.05, 4.69) is 181 Å². The number of anilines is 3. The molecule has 8 rings (SSSR count). The van der Waals surface area contributed by atoms with E-state index in [0.29, 0.717) is 0 Å². The molecule has 44 heavy (non-hydrogen) atoms. The molecule has 0 radical (unpaired) electrons. The van der Waals surface area contributed by atoms with Gasteiger partial charge in [0.05, 0.1) is 5.69 Å². The maximum absolute atomic E-state index is 2.40. The summed E-state index contributed by atoms with van der Waals surface area (Å²) >= 11 is 1.85. The summed E-state index contributed by atoms with van der Waals surface area (Å²) in [5, 5.41) is 2.59. The van der Waals surface area contributed by atoms with Crippen molar-refractivity contribution < 1.29 is 0 Å². The molecule has 0 aliphatic rings. The van der Waals surface area contributed by atoms with Gasteiger partial charge < -0.3 is 4.90 Å². The van der Waals surface area contributed by atoms with Gasteiger partial charge in [0, 0.05) is 37.1 Å². The average molecular weight is 580 g/mol. The van der Waals surface area contributed by atoms with E-state index in [1.807, 2.05) is 11.3 Å². The number of para-hydroxylation sites is 2. The number of hydrogen-bond acceptors (Lipinski definition) is 2. The van der Waals surface area contributed by atoms with Crippen molar-refractivity contribution in [3.63, 3.8) is 0 Å². The van der Waals surface area contributed by atoms with Crippen molar-refractivity contribution in [1.29, 1.82) is 0 Å². The third kappa shape index (κ3) is 4.66. The number of benzene rings is 7. The molecule has 1 heterocycles. The van der Waals surface area contributed by atoms with Gasteiger partial charge in [-0.25, -0.2) is 0 Å². The van der Waals surface area contributed by atoms with E-state index in [1.165, 1.54) is 53.6 Å². The maximum atomic E-state index is 2.40. The van der Waals surface area contributed by atoms with E-state index in [-0.39, 0.29) is 0 Å². The smallest absolute Gasteiger partial charge is 0.0540 e. The van der Waals surface area contributed by atoms with Crippen LogP contribution in [0, 0.1) is 0 Å². The molecule has 0 amide bonds. The van der Waals surface area contributed by atoms with Crippen LogP contribution in [0.5, 0.6) is 0 Å². The molecule has 2 heteroatoms. The zero-order valence-electron chi connectivity index (χ0n) is 24.1. The predicted molar refractivity (Wildman–Crippen MR) is 190 cm³/mol. The summed E-state index contributed by atoms with van der Waals surface area (Å²) in [6, 6.07) is 63.3. The summed E-state index contributed by atoms with van der Waals surface area (Å²) in [4.78, 5) is 2.40. The van der Waals surface area contributed by atoms with Crippen molar-refractivity contribution in [2.24, 2.45) is 0 Å². The van der Waals surface area contributed by atoms with E-state index in [9.17, 15) is 0 Å². The molecule has 1 aromatic heterocycles. The first-order valence-corrected chi connectivity index (χ1v) is 15.8. The lowest BCUT2D eigenvalue weighted by molar-refractivity contribution is 1.29. The van der Waals surface area contributed by atoms with Crippen LogP contribution in [-0.4, -0.2) is 0 Å². The maximum Gasteiger partial charge on any atom is 0.0540 e. The van der Waals surface area contributed by atoms with Gasteiger partial charge >= 0.3 is 0 Å². The first-order chi connectivity index (χ1) is 21.8. The normalized spacial score (nSPS) is 11.2. The molecule has 0 unspecified atom stereocenters. The second kappa shape index (κ2) is 11.3. The summed E-state index contributed by atoms with van der Waals surface area (Å²) in [6.07, 6.45) is 0. The molecule has 0 aliphatic carbocycles. The van der Waals surface area contributed by atoms with Crippen LogP contribution in [0.15, 0.2) is 176 Å². The monoisotopic (exact) mass is 579 g/mol. The number of rotatable bonds is 6. The van der Waals surface area contributed by atoms with Crippen molar-refractivity contribution in [2.45, 2.75) is 0 Å². The molecule has 0 saturated carbocycles. The highest BCUT2D eigenvalue weighted by Gasteiger charge is 2.20. The van der Waals surface area contributed by atoms with Crippen molar-refractivity contribution in [1.82, 2.24) is 0 Å². The highest BCUT2D eigenvalue weighted by molar-refractivity contribution is 7.25. The third-order valence-electron chi connectivity index (χ3n) is 8.30. The van der Waals surface area contributed by atoms with Gasteiger partial charge in [0.2, 0.25) is 0 Å². The van der Waals surface area contributed by atoms with Crippen LogP contribution < -0.4 is 4.90 Å². The van der Waals surface area contributed by atoms with Crippen LogP contribution in [0.2, 0.25) is 0 Å². The number of thiophene rings is 1. The Morgan fingerprint density at radius 3 is 1.61 bits per heavy atom. The van der Waals surface area contributed by atoms with Gasteiger partial charge in [-0.15, -0.1) is 11.3 Å². The van der Waals surface area contributed by atoms with Crippen molar-refractivity contribution >= 4 is 48.6 Å². The molecule has 0 bridgehead atoms. The minimum Gasteiger partial charge on any atom is -0.310 e. The van der Waals surface area contributed by atoms with E-state index in [0.717, 1.165) is 17.1 Å². The zero-order chi connectivity index (χ0) is 29.3. The zero-order valence-corrected chi connectivity index (χ0v) is 24.9. The lowest BCUT2D eigenvalue weighted by Gasteiger charge is -2.28. The number of nitrogens with zero attached hydrogens (tertiary/aromatic N) is 1. The minimum absolute atomic E-state index is 1.13. The molecule has 0 fully saturated rings. The van der Waals surface area contributed by atoms with Crippen LogP contribution in [0.25, 0.3) is 53.6 Å². The molecular formula is C42H29NS. The Bertz CT molecular complexity index is 2230. The van der Waals surface area contributed by atoms with Gasteiger partial charge in [-0.2, -0.15) is 0 Å². The van der Waals surface area contributed by atoms with E-state index >= 15 is 0 Å². The molecule has 7 aromatic carbocycles. The Labute approximate surface area is 261 Å². The van der Waals surface area contributed by atoms with Crippen molar-refractivity contribution in [3.05, 3.63) is 176 Å². The SMILES string of the molecule is c1ccc(-c2ccccc2-c2ccccc2-c2ccccc2N(c2ccccc2)c2ccc3sc4ccccc4c3c2)cc1. The summed E-state index contributed by atoms with van der Waals surface area (Å²) in [7, 11) is 0. The Balaban J connectivity index is 1.35. The Morgan fingerprint density at radius 1 is 0.341 bits per heavy atom. The van der Waals surface area contributed by atoms with E-state index in [1.54, 1.807) is 0 Å². The van der Waals surface area contributed by atoms with Crippen molar-refractivity contribution in [3.8, 4) is 33.4 Å². The summed E-state index contributed by atoms with van der Waals surface area (Å²) in [6.45, 7) is 0. The summed E-state index contributed by atoms with van der Waals surface area (Å²) < 4.78 is 2.62. The van der Waals surface area contributed by atoms with Crippen molar-refractivity contribution in [2.75, 3.05) is 4.90 Å². The molecule has 0 saturated heterocycles. The average Bonchev–Trinajstić information content (AvgIpc) is 3.48. The summed E-state index contributed by atoms with van der Waals surface area (Å²) in [5.74, 6) is 0. The Morgan fingerprint density at radius 2 is 0.864 bits per heavy atom. The highest BCUT2D eigenvalue weighted by Crippen LogP contribution is 2.46. The molecule has 8 aromatic rings. The largest absolute Gasteiger partial charge is 0.310 e. The molecule has 1 nitrogen and oxygen atoms in total. The fraction of sp³-hybridized carbons (Fsp3) is 0. The lowest BCUT2D eigenvalue weighted by atomic mass is 9.88. The van der Waals surface area contributed by atoms with Gasteiger partial charge in [0.25, 0.3) is 0 Å². The topological polar surface area (TPSA) is 3.24 Å². The molecule has 0 aliphatic heterocycles.